The predicted octanol–water partition coefficient (Wildman–Crippen LogP) is 1.03. The van der Waals surface area contributed by atoms with Crippen molar-refractivity contribution in [1.29, 1.82) is 0 Å². The summed E-state index contributed by atoms with van der Waals surface area (Å²) < 4.78 is 0. The van der Waals surface area contributed by atoms with E-state index in [9.17, 15) is 0 Å². The summed E-state index contributed by atoms with van der Waals surface area (Å²) in [6.07, 6.45) is 0. The third kappa shape index (κ3) is 3.95. The SMILES string of the molecule is CC.CC1CN(CCO)CC(C)N1C. The Morgan fingerprint density at radius 3 is 1.93 bits per heavy atom. The van der Waals surface area contributed by atoms with Crippen LogP contribution in [0.5, 0.6) is 0 Å². The molecule has 0 aromatic rings. The Labute approximate surface area is 88.7 Å². The van der Waals surface area contributed by atoms with Crippen LogP contribution in [0.4, 0.5) is 0 Å². The molecule has 1 saturated heterocycles. The van der Waals surface area contributed by atoms with Crippen LogP contribution in [0.3, 0.4) is 0 Å². The molecule has 2 atom stereocenters. The number of β-amino-alcohol motifs (C(OH)–C–C–N with tert-alkyl or cyclic N) is 1. The molecule has 0 aromatic heterocycles. The van der Waals surface area contributed by atoms with E-state index in [4.69, 9.17) is 5.11 Å². The molecule has 0 aliphatic carbocycles. The number of piperazine rings is 1. The third-order valence-corrected chi connectivity index (χ3v) is 2.85. The average molecular weight is 202 g/mol. The summed E-state index contributed by atoms with van der Waals surface area (Å²) in [5.74, 6) is 0. The molecule has 86 valence electrons. The summed E-state index contributed by atoms with van der Waals surface area (Å²) in [6.45, 7) is 11.7. The van der Waals surface area contributed by atoms with Gasteiger partial charge in [0, 0.05) is 31.7 Å². The molecule has 0 radical (unpaired) electrons. The molecule has 3 heteroatoms. The van der Waals surface area contributed by atoms with Crippen molar-refractivity contribution in [3.05, 3.63) is 0 Å². The number of likely N-dealkylation sites (N-methyl/N-ethyl adjacent to an activating group) is 1. The predicted molar refractivity (Wildman–Crippen MR) is 61.6 cm³/mol. The topological polar surface area (TPSA) is 26.7 Å². The fourth-order valence-corrected chi connectivity index (χ4v) is 1.84. The molecule has 1 fully saturated rings. The molecule has 1 heterocycles. The van der Waals surface area contributed by atoms with Crippen molar-refractivity contribution in [1.82, 2.24) is 9.80 Å². The minimum atomic E-state index is 0.281. The van der Waals surface area contributed by atoms with Crippen LogP contribution in [0.25, 0.3) is 0 Å². The standard InChI is InChI=1S/C9H20N2O.C2H6/c1-8-6-11(4-5-12)7-9(2)10(8)3;1-2/h8-9,12H,4-7H2,1-3H3;1-2H3. The molecular formula is C11H26N2O. The average Bonchev–Trinajstić information content (AvgIpc) is 2.18. The molecule has 0 aromatic carbocycles. The van der Waals surface area contributed by atoms with Gasteiger partial charge >= 0.3 is 0 Å². The van der Waals surface area contributed by atoms with Gasteiger partial charge in [-0.1, -0.05) is 13.8 Å². The number of aliphatic hydroxyl groups is 1. The largest absolute Gasteiger partial charge is 0.395 e. The van der Waals surface area contributed by atoms with Gasteiger partial charge in [-0.15, -0.1) is 0 Å². The Hall–Kier alpha value is -0.120. The highest BCUT2D eigenvalue weighted by molar-refractivity contribution is 4.82. The Morgan fingerprint density at radius 1 is 1.14 bits per heavy atom. The normalized spacial score (nSPS) is 29.6. The van der Waals surface area contributed by atoms with Crippen molar-refractivity contribution < 1.29 is 5.11 Å². The quantitative estimate of drug-likeness (QED) is 0.724. The zero-order chi connectivity index (χ0) is 11.1. The van der Waals surface area contributed by atoms with Gasteiger partial charge < -0.3 is 5.11 Å². The van der Waals surface area contributed by atoms with Crippen LogP contribution in [0, 0.1) is 0 Å². The molecule has 14 heavy (non-hydrogen) atoms. The molecule has 0 saturated carbocycles. The Bertz CT molecular complexity index is 129. The number of nitrogens with zero attached hydrogens (tertiary/aromatic N) is 2. The molecule has 0 bridgehead atoms. The van der Waals surface area contributed by atoms with Crippen molar-refractivity contribution in [2.75, 3.05) is 33.3 Å². The van der Waals surface area contributed by atoms with Gasteiger partial charge in [0.05, 0.1) is 6.61 Å². The Balaban J connectivity index is 0.000000791. The van der Waals surface area contributed by atoms with Gasteiger partial charge in [-0.2, -0.15) is 0 Å². The first kappa shape index (κ1) is 13.9. The van der Waals surface area contributed by atoms with Crippen LogP contribution in [0.2, 0.25) is 0 Å². The molecule has 1 N–H and O–H groups in total. The Kier molecular flexibility index (Phi) is 7.15. The summed E-state index contributed by atoms with van der Waals surface area (Å²) in [6, 6.07) is 1.22. The summed E-state index contributed by atoms with van der Waals surface area (Å²) >= 11 is 0. The zero-order valence-electron chi connectivity index (χ0n) is 10.3. The molecule has 2 unspecified atom stereocenters. The second-order valence-corrected chi connectivity index (χ2v) is 3.85. The fraction of sp³-hybridized carbons (Fsp3) is 1.00. The van der Waals surface area contributed by atoms with Crippen LogP contribution in [-0.2, 0) is 0 Å². The summed E-state index contributed by atoms with van der Waals surface area (Å²) in [5.41, 5.74) is 0. The Morgan fingerprint density at radius 2 is 1.57 bits per heavy atom. The first-order valence-corrected chi connectivity index (χ1v) is 5.70. The van der Waals surface area contributed by atoms with Crippen molar-refractivity contribution in [3.8, 4) is 0 Å². The van der Waals surface area contributed by atoms with Crippen LogP contribution >= 0.6 is 0 Å². The number of hydrogen-bond acceptors (Lipinski definition) is 3. The molecule has 3 nitrogen and oxygen atoms in total. The highest BCUT2D eigenvalue weighted by atomic mass is 16.3. The maximum absolute atomic E-state index is 8.80. The second-order valence-electron chi connectivity index (χ2n) is 3.85. The van der Waals surface area contributed by atoms with Gasteiger partial charge in [0.15, 0.2) is 0 Å². The smallest absolute Gasteiger partial charge is 0.0558 e. The van der Waals surface area contributed by atoms with Gasteiger partial charge in [0.2, 0.25) is 0 Å². The summed E-state index contributed by atoms with van der Waals surface area (Å²) in [4.78, 5) is 4.73. The molecule has 0 spiro atoms. The van der Waals surface area contributed by atoms with Gasteiger partial charge in [-0.05, 0) is 20.9 Å². The molecule has 1 aliphatic rings. The van der Waals surface area contributed by atoms with Gasteiger partial charge in [-0.3, -0.25) is 9.80 Å². The zero-order valence-corrected chi connectivity index (χ0v) is 10.3. The molecular weight excluding hydrogens is 176 g/mol. The van der Waals surface area contributed by atoms with E-state index in [1.807, 2.05) is 13.8 Å². The van der Waals surface area contributed by atoms with E-state index in [2.05, 4.69) is 30.7 Å². The minimum Gasteiger partial charge on any atom is -0.395 e. The van der Waals surface area contributed by atoms with E-state index >= 15 is 0 Å². The molecule has 0 amide bonds. The lowest BCUT2D eigenvalue weighted by Crippen LogP contribution is -2.55. The van der Waals surface area contributed by atoms with Gasteiger partial charge in [0.25, 0.3) is 0 Å². The molecule has 1 aliphatic heterocycles. The van der Waals surface area contributed by atoms with Gasteiger partial charge in [0.1, 0.15) is 0 Å². The summed E-state index contributed by atoms with van der Waals surface area (Å²) in [7, 11) is 2.17. The first-order chi connectivity index (χ1) is 6.65. The highest BCUT2D eigenvalue weighted by Crippen LogP contribution is 2.12. The van der Waals surface area contributed by atoms with E-state index in [-0.39, 0.29) is 6.61 Å². The first-order valence-electron chi connectivity index (χ1n) is 5.70. The summed E-state index contributed by atoms with van der Waals surface area (Å²) in [5, 5.41) is 8.80. The number of aliphatic hydroxyl groups excluding tert-OH is 1. The van der Waals surface area contributed by atoms with E-state index in [0.29, 0.717) is 12.1 Å². The van der Waals surface area contributed by atoms with Crippen molar-refractivity contribution in [2.45, 2.75) is 39.8 Å². The van der Waals surface area contributed by atoms with Crippen molar-refractivity contribution >= 4 is 0 Å². The number of hydrogen-bond donors (Lipinski definition) is 1. The van der Waals surface area contributed by atoms with Crippen LogP contribution in [0.1, 0.15) is 27.7 Å². The number of rotatable bonds is 2. The third-order valence-electron chi connectivity index (χ3n) is 2.85. The maximum atomic E-state index is 8.80. The minimum absolute atomic E-state index is 0.281. The molecule has 1 rings (SSSR count). The van der Waals surface area contributed by atoms with E-state index in [1.165, 1.54) is 0 Å². The monoisotopic (exact) mass is 202 g/mol. The van der Waals surface area contributed by atoms with E-state index in [1.54, 1.807) is 0 Å². The van der Waals surface area contributed by atoms with Gasteiger partial charge in [-0.25, -0.2) is 0 Å². The second kappa shape index (κ2) is 7.21. The van der Waals surface area contributed by atoms with Crippen LogP contribution < -0.4 is 0 Å². The van der Waals surface area contributed by atoms with Crippen molar-refractivity contribution in [3.63, 3.8) is 0 Å². The highest BCUT2D eigenvalue weighted by Gasteiger charge is 2.25. The maximum Gasteiger partial charge on any atom is 0.0558 e. The lowest BCUT2D eigenvalue weighted by atomic mass is 10.1. The van der Waals surface area contributed by atoms with Crippen LogP contribution in [-0.4, -0.2) is 60.3 Å². The van der Waals surface area contributed by atoms with Crippen LogP contribution in [0.15, 0.2) is 0 Å². The fourth-order valence-electron chi connectivity index (χ4n) is 1.84. The van der Waals surface area contributed by atoms with E-state index in [0.717, 1.165) is 19.6 Å². The van der Waals surface area contributed by atoms with Crippen molar-refractivity contribution in [2.24, 2.45) is 0 Å². The lowest BCUT2D eigenvalue weighted by Gasteiger charge is -2.42. The lowest BCUT2D eigenvalue weighted by molar-refractivity contribution is 0.0500. The van der Waals surface area contributed by atoms with E-state index < -0.39 is 0 Å².